The van der Waals surface area contributed by atoms with E-state index in [0.717, 1.165) is 0 Å². The van der Waals surface area contributed by atoms with Crippen LogP contribution in [0.3, 0.4) is 0 Å². The van der Waals surface area contributed by atoms with E-state index >= 15 is 0 Å². The Morgan fingerprint density at radius 2 is 2.04 bits per heavy atom. The van der Waals surface area contributed by atoms with Crippen LogP contribution in [0.15, 0.2) is 53.3 Å². The number of nitro groups is 1. The summed E-state index contributed by atoms with van der Waals surface area (Å²) in [6.07, 6.45) is 1.60. The van der Waals surface area contributed by atoms with Gasteiger partial charge in [-0.25, -0.2) is 0 Å². The Morgan fingerprint density at radius 3 is 2.78 bits per heavy atom. The molecule has 0 aliphatic carbocycles. The largest absolute Gasteiger partial charge is 0.496 e. The summed E-state index contributed by atoms with van der Waals surface area (Å²) < 4.78 is 6.94. The lowest BCUT2D eigenvalue weighted by atomic mass is 10.2. The van der Waals surface area contributed by atoms with Gasteiger partial charge in [-0.05, 0) is 23.8 Å². The van der Waals surface area contributed by atoms with E-state index in [9.17, 15) is 14.9 Å². The number of thiazole rings is 1. The molecule has 2 heterocycles. The summed E-state index contributed by atoms with van der Waals surface area (Å²) in [7, 11) is 1.56. The highest BCUT2D eigenvalue weighted by Gasteiger charge is 2.15. The quantitative estimate of drug-likeness (QED) is 0.398. The minimum Gasteiger partial charge on any atom is -0.496 e. The van der Waals surface area contributed by atoms with Gasteiger partial charge < -0.3 is 4.74 Å². The Bertz CT molecular complexity index is 1280. The monoisotopic (exact) mass is 380 g/mol. The number of rotatable bonds is 4. The number of hydrogen-bond acceptors (Lipinski definition) is 7. The molecule has 0 unspecified atom stereocenters. The molecule has 0 atom stereocenters. The Balaban J connectivity index is 1.81. The van der Waals surface area contributed by atoms with Gasteiger partial charge >= 0.3 is 0 Å². The highest BCUT2D eigenvalue weighted by molar-refractivity contribution is 7.15. The highest BCUT2D eigenvalue weighted by atomic mass is 32.1. The molecule has 4 rings (SSSR count). The fraction of sp³-hybridized carbons (Fsp3) is 0.0556. The fourth-order valence-electron chi connectivity index (χ4n) is 2.66. The summed E-state index contributed by atoms with van der Waals surface area (Å²) in [5.41, 5.74) is 0.902. The second-order valence-corrected chi connectivity index (χ2v) is 6.61. The maximum Gasteiger partial charge on any atom is 0.291 e. The third-order valence-corrected chi connectivity index (χ3v) is 4.87. The zero-order valence-electron chi connectivity index (χ0n) is 14.0. The van der Waals surface area contributed by atoms with Crippen molar-refractivity contribution in [1.82, 2.24) is 14.6 Å². The van der Waals surface area contributed by atoms with E-state index in [1.165, 1.54) is 28.0 Å². The van der Waals surface area contributed by atoms with Gasteiger partial charge in [-0.3, -0.25) is 14.9 Å². The van der Waals surface area contributed by atoms with E-state index < -0.39 is 4.92 Å². The van der Waals surface area contributed by atoms with Gasteiger partial charge in [0.2, 0.25) is 4.96 Å². The molecule has 0 aliphatic rings. The van der Waals surface area contributed by atoms with E-state index in [2.05, 4.69) is 10.1 Å². The first-order chi connectivity index (χ1) is 13.1. The Morgan fingerprint density at radius 1 is 1.22 bits per heavy atom. The van der Waals surface area contributed by atoms with Gasteiger partial charge in [-0.15, -0.1) is 5.10 Å². The van der Waals surface area contributed by atoms with Gasteiger partial charge in [0, 0.05) is 12.1 Å². The maximum absolute atomic E-state index is 12.6. The lowest BCUT2D eigenvalue weighted by Gasteiger charge is -2.03. The van der Waals surface area contributed by atoms with Crippen molar-refractivity contribution in [3.63, 3.8) is 0 Å². The molecule has 0 spiro atoms. The van der Waals surface area contributed by atoms with Crippen LogP contribution in [0.4, 0.5) is 5.69 Å². The van der Waals surface area contributed by atoms with Crippen LogP contribution < -0.4 is 14.8 Å². The second kappa shape index (κ2) is 6.61. The summed E-state index contributed by atoms with van der Waals surface area (Å²) in [4.78, 5) is 27.9. The van der Waals surface area contributed by atoms with Crippen molar-refractivity contribution in [3.8, 4) is 17.1 Å². The van der Waals surface area contributed by atoms with Gasteiger partial charge in [-0.1, -0.05) is 35.6 Å². The van der Waals surface area contributed by atoms with E-state index in [0.29, 0.717) is 32.2 Å². The van der Waals surface area contributed by atoms with Crippen LogP contribution in [-0.2, 0) is 0 Å². The van der Waals surface area contributed by atoms with E-state index in [1.807, 2.05) is 18.2 Å². The van der Waals surface area contributed by atoms with Gasteiger partial charge in [0.05, 0.1) is 22.1 Å². The fourth-order valence-corrected chi connectivity index (χ4v) is 3.56. The smallest absolute Gasteiger partial charge is 0.291 e. The number of non-ortho nitro benzene ring substituents is 1. The molecule has 4 aromatic rings. The van der Waals surface area contributed by atoms with Crippen molar-refractivity contribution >= 4 is 28.1 Å². The van der Waals surface area contributed by atoms with Crippen molar-refractivity contribution < 1.29 is 9.66 Å². The van der Waals surface area contributed by atoms with Crippen LogP contribution in [0.2, 0.25) is 0 Å². The number of nitrogens with zero attached hydrogens (tertiary/aromatic N) is 4. The van der Waals surface area contributed by atoms with Crippen LogP contribution in [0, 0.1) is 10.1 Å². The van der Waals surface area contributed by atoms with Gasteiger partial charge in [-0.2, -0.15) is 9.50 Å². The highest BCUT2D eigenvalue weighted by Crippen LogP contribution is 2.27. The molecule has 2 aromatic heterocycles. The van der Waals surface area contributed by atoms with E-state index in [-0.39, 0.29) is 11.2 Å². The standard InChI is InChI=1S/C18H12N4O4S/c1-26-14-8-3-2-7-13(14)16-19-18-21(20-16)17(23)15(27-18)10-11-5-4-6-12(9-11)22(24)25/h2-10H,1H3. The van der Waals surface area contributed by atoms with E-state index in [4.69, 9.17) is 4.74 Å². The first kappa shape index (κ1) is 16.9. The van der Waals surface area contributed by atoms with Crippen LogP contribution in [0.5, 0.6) is 5.75 Å². The molecule has 0 saturated carbocycles. The number of aromatic nitrogens is 3. The van der Waals surface area contributed by atoms with Gasteiger partial charge in [0.1, 0.15) is 5.75 Å². The van der Waals surface area contributed by atoms with Gasteiger partial charge in [0.25, 0.3) is 11.2 Å². The summed E-state index contributed by atoms with van der Waals surface area (Å²) in [6, 6.07) is 13.4. The predicted molar refractivity (Wildman–Crippen MR) is 101 cm³/mol. The zero-order valence-corrected chi connectivity index (χ0v) is 14.8. The third-order valence-electron chi connectivity index (χ3n) is 3.91. The first-order valence-electron chi connectivity index (χ1n) is 7.86. The SMILES string of the molecule is COc1ccccc1-c1nc2sc(=Cc3cccc([N+](=O)[O-])c3)c(=O)n2n1. The van der Waals surface area contributed by atoms with Crippen LogP contribution in [0.25, 0.3) is 22.4 Å². The minimum atomic E-state index is -0.474. The molecule has 0 aliphatic heterocycles. The molecular formula is C18H12N4O4S. The summed E-state index contributed by atoms with van der Waals surface area (Å²) >= 11 is 1.17. The number of ether oxygens (including phenoxy) is 1. The number of para-hydroxylation sites is 1. The summed E-state index contributed by atoms with van der Waals surface area (Å²) in [6.45, 7) is 0. The van der Waals surface area contributed by atoms with Crippen LogP contribution in [-0.4, -0.2) is 26.6 Å². The Hall–Kier alpha value is -3.59. The molecule has 0 N–H and O–H groups in total. The molecule has 2 aromatic carbocycles. The Kier molecular flexibility index (Phi) is 4.13. The molecule has 0 bridgehead atoms. The summed E-state index contributed by atoms with van der Waals surface area (Å²) in [5.74, 6) is 1.02. The number of hydrogen-bond donors (Lipinski definition) is 0. The normalized spacial score (nSPS) is 11.8. The molecule has 27 heavy (non-hydrogen) atoms. The Labute approximate surface area is 156 Å². The minimum absolute atomic E-state index is 0.0332. The van der Waals surface area contributed by atoms with Gasteiger partial charge in [0.15, 0.2) is 5.82 Å². The number of benzene rings is 2. The molecular weight excluding hydrogens is 368 g/mol. The van der Waals surface area contributed by atoms with Crippen molar-refractivity contribution in [1.29, 1.82) is 0 Å². The van der Waals surface area contributed by atoms with Crippen molar-refractivity contribution in [2.24, 2.45) is 0 Å². The molecule has 0 radical (unpaired) electrons. The average molecular weight is 380 g/mol. The first-order valence-corrected chi connectivity index (χ1v) is 8.67. The number of nitro benzene ring substituents is 1. The summed E-state index contributed by atoms with van der Waals surface area (Å²) in [5, 5.41) is 15.2. The molecule has 0 fully saturated rings. The third kappa shape index (κ3) is 3.04. The molecule has 8 nitrogen and oxygen atoms in total. The molecule has 0 amide bonds. The lowest BCUT2D eigenvalue weighted by Crippen LogP contribution is -2.23. The molecule has 134 valence electrons. The topological polar surface area (TPSA) is 99.6 Å². The van der Waals surface area contributed by atoms with Crippen molar-refractivity contribution in [2.45, 2.75) is 0 Å². The zero-order chi connectivity index (χ0) is 19.0. The molecule has 9 heteroatoms. The number of fused-ring (bicyclic) bond motifs is 1. The number of methoxy groups -OCH3 is 1. The average Bonchev–Trinajstić information content (AvgIpc) is 3.21. The second-order valence-electron chi connectivity index (χ2n) is 5.60. The van der Waals surface area contributed by atoms with Crippen molar-refractivity contribution in [2.75, 3.05) is 7.11 Å². The lowest BCUT2D eigenvalue weighted by molar-refractivity contribution is -0.384. The maximum atomic E-state index is 12.6. The van der Waals surface area contributed by atoms with Crippen molar-refractivity contribution in [3.05, 3.63) is 79.1 Å². The predicted octanol–water partition coefficient (Wildman–Crippen LogP) is 2.28. The molecule has 0 saturated heterocycles. The van der Waals surface area contributed by atoms with E-state index in [1.54, 1.807) is 31.4 Å². The van der Waals surface area contributed by atoms with Crippen LogP contribution >= 0.6 is 11.3 Å². The van der Waals surface area contributed by atoms with Crippen LogP contribution in [0.1, 0.15) is 5.56 Å².